The first-order valence-electron chi connectivity index (χ1n) is 9.70. The lowest BCUT2D eigenvalue weighted by molar-refractivity contribution is 0.225. The van der Waals surface area contributed by atoms with Crippen LogP contribution in [0.2, 0.25) is 0 Å². The summed E-state index contributed by atoms with van der Waals surface area (Å²) in [7, 11) is 0. The van der Waals surface area contributed by atoms with Gasteiger partial charge in [-0.3, -0.25) is 0 Å². The summed E-state index contributed by atoms with van der Waals surface area (Å²) in [5.74, 6) is 0. The Balaban J connectivity index is 0.00000196. The second-order valence-electron chi connectivity index (χ2n) is 7.12. The summed E-state index contributed by atoms with van der Waals surface area (Å²) in [5.41, 5.74) is 2.84. The number of hydrogen-bond donors (Lipinski definition) is 0. The molecule has 2 heterocycles. The summed E-state index contributed by atoms with van der Waals surface area (Å²) in [6.45, 7) is 3.92. The normalized spacial score (nSPS) is 15.1. The SMILES string of the molecule is Cl.c1ccc(-c2c(CCCCN3CCCCC3)sc3ccccc23)cc1. The number of aryl methyl sites for hydroxylation is 1. The Kier molecular flexibility index (Phi) is 7.13. The zero-order chi connectivity index (χ0) is 16.9. The molecular formula is C23H28ClNS. The molecule has 0 radical (unpaired) electrons. The fourth-order valence-electron chi connectivity index (χ4n) is 4.00. The molecule has 0 atom stereocenters. The van der Waals surface area contributed by atoms with E-state index in [1.54, 1.807) is 4.88 Å². The van der Waals surface area contributed by atoms with Gasteiger partial charge in [0.05, 0.1) is 0 Å². The molecule has 0 amide bonds. The Bertz CT molecular complexity index is 805. The number of piperidine rings is 1. The third-order valence-corrected chi connectivity index (χ3v) is 6.54. The summed E-state index contributed by atoms with van der Waals surface area (Å²) < 4.78 is 1.42. The van der Waals surface area contributed by atoms with Crippen molar-refractivity contribution < 1.29 is 0 Å². The average molecular weight is 386 g/mol. The van der Waals surface area contributed by atoms with Gasteiger partial charge in [0.1, 0.15) is 0 Å². The van der Waals surface area contributed by atoms with E-state index in [9.17, 15) is 0 Å². The minimum Gasteiger partial charge on any atom is -0.303 e. The van der Waals surface area contributed by atoms with Crippen molar-refractivity contribution in [2.75, 3.05) is 19.6 Å². The summed E-state index contributed by atoms with van der Waals surface area (Å²) in [4.78, 5) is 4.22. The summed E-state index contributed by atoms with van der Waals surface area (Å²) in [6, 6.07) is 19.8. The highest BCUT2D eigenvalue weighted by Crippen LogP contribution is 2.39. The molecule has 1 aromatic heterocycles. The van der Waals surface area contributed by atoms with Gasteiger partial charge in [-0.15, -0.1) is 23.7 Å². The van der Waals surface area contributed by atoms with E-state index in [0.29, 0.717) is 0 Å². The molecule has 0 unspecified atom stereocenters. The molecule has 4 rings (SSSR count). The van der Waals surface area contributed by atoms with Crippen molar-refractivity contribution in [1.82, 2.24) is 4.90 Å². The average Bonchev–Trinajstić information content (AvgIpc) is 3.05. The fourth-order valence-corrected chi connectivity index (χ4v) is 5.27. The minimum atomic E-state index is 0. The lowest BCUT2D eigenvalue weighted by atomic mass is 10.00. The molecule has 138 valence electrons. The van der Waals surface area contributed by atoms with E-state index in [1.807, 2.05) is 11.3 Å². The predicted molar refractivity (Wildman–Crippen MR) is 118 cm³/mol. The molecule has 0 N–H and O–H groups in total. The van der Waals surface area contributed by atoms with Gasteiger partial charge in [0.2, 0.25) is 0 Å². The van der Waals surface area contributed by atoms with Crippen LogP contribution in [0.5, 0.6) is 0 Å². The number of thiophene rings is 1. The Morgan fingerprint density at radius 2 is 1.54 bits per heavy atom. The van der Waals surface area contributed by atoms with Crippen LogP contribution < -0.4 is 0 Å². The standard InChI is InChI=1S/C23H27NS.ClH/c1-3-11-19(12-4-1)23-20-13-5-6-14-21(20)25-22(23)15-7-10-18-24-16-8-2-9-17-24;/h1,3-6,11-14H,2,7-10,15-18H2;1H. The Morgan fingerprint density at radius 3 is 2.35 bits per heavy atom. The van der Waals surface area contributed by atoms with Gasteiger partial charge in [-0.05, 0) is 63.4 Å². The third kappa shape index (κ3) is 4.49. The maximum atomic E-state index is 2.66. The smallest absolute Gasteiger partial charge is 0.0352 e. The van der Waals surface area contributed by atoms with Crippen molar-refractivity contribution in [2.45, 2.75) is 38.5 Å². The number of hydrogen-bond acceptors (Lipinski definition) is 2. The maximum absolute atomic E-state index is 2.66. The van der Waals surface area contributed by atoms with Gasteiger partial charge >= 0.3 is 0 Å². The second kappa shape index (κ2) is 9.55. The first-order chi connectivity index (χ1) is 12.4. The van der Waals surface area contributed by atoms with E-state index in [4.69, 9.17) is 0 Å². The van der Waals surface area contributed by atoms with Crippen LogP contribution in [0.1, 0.15) is 37.0 Å². The molecule has 26 heavy (non-hydrogen) atoms. The number of nitrogens with zero attached hydrogens (tertiary/aromatic N) is 1. The maximum Gasteiger partial charge on any atom is 0.0352 e. The van der Waals surface area contributed by atoms with Crippen molar-refractivity contribution in [3.05, 3.63) is 59.5 Å². The van der Waals surface area contributed by atoms with Crippen LogP contribution in [0.25, 0.3) is 21.2 Å². The zero-order valence-electron chi connectivity index (χ0n) is 15.3. The molecule has 1 saturated heterocycles. The lowest BCUT2D eigenvalue weighted by Crippen LogP contribution is -2.30. The fraction of sp³-hybridized carbons (Fsp3) is 0.391. The first kappa shape index (κ1) is 19.4. The van der Waals surface area contributed by atoms with Gasteiger partial charge in [0.25, 0.3) is 0 Å². The number of benzene rings is 2. The van der Waals surface area contributed by atoms with Crippen molar-refractivity contribution in [2.24, 2.45) is 0 Å². The molecule has 3 heteroatoms. The van der Waals surface area contributed by atoms with Crippen LogP contribution in [0.4, 0.5) is 0 Å². The second-order valence-corrected chi connectivity index (χ2v) is 8.26. The predicted octanol–water partition coefficient (Wildman–Crippen LogP) is 6.80. The molecule has 1 nitrogen and oxygen atoms in total. The Morgan fingerprint density at radius 1 is 0.808 bits per heavy atom. The molecule has 0 saturated carbocycles. The highest BCUT2D eigenvalue weighted by atomic mass is 35.5. The summed E-state index contributed by atoms with van der Waals surface area (Å²) in [5, 5.41) is 1.42. The molecule has 0 bridgehead atoms. The van der Waals surface area contributed by atoms with Gasteiger partial charge in [-0.2, -0.15) is 0 Å². The molecule has 0 aliphatic carbocycles. The highest BCUT2D eigenvalue weighted by Gasteiger charge is 2.14. The van der Waals surface area contributed by atoms with E-state index >= 15 is 0 Å². The van der Waals surface area contributed by atoms with Gasteiger partial charge in [0, 0.05) is 20.5 Å². The number of likely N-dealkylation sites (tertiary alicyclic amines) is 1. The van der Waals surface area contributed by atoms with Gasteiger partial charge in [-0.1, -0.05) is 55.0 Å². The van der Waals surface area contributed by atoms with E-state index in [-0.39, 0.29) is 12.4 Å². The van der Waals surface area contributed by atoms with Crippen LogP contribution in [-0.4, -0.2) is 24.5 Å². The van der Waals surface area contributed by atoms with Crippen LogP contribution in [0.15, 0.2) is 54.6 Å². The van der Waals surface area contributed by atoms with Crippen LogP contribution >= 0.6 is 23.7 Å². The Labute approximate surface area is 167 Å². The highest BCUT2D eigenvalue weighted by molar-refractivity contribution is 7.19. The Hall–Kier alpha value is -1.35. The number of halogens is 1. The minimum absolute atomic E-state index is 0. The summed E-state index contributed by atoms with van der Waals surface area (Å²) >= 11 is 1.99. The van der Waals surface area contributed by atoms with Crippen LogP contribution in [0.3, 0.4) is 0 Å². The van der Waals surface area contributed by atoms with Gasteiger partial charge in [-0.25, -0.2) is 0 Å². The molecule has 0 spiro atoms. The molecular weight excluding hydrogens is 358 g/mol. The number of unbranched alkanes of at least 4 members (excludes halogenated alkanes) is 1. The van der Waals surface area contributed by atoms with Gasteiger partial charge < -0.3 is 4.90 Å². The van der Waals surface area contributed by atoms with Crippen molar-refractivity contribution in [1.29, 1.82) is 0 Å². The molecule has 3 aromatic rings. The van der Waals surface area contributed by atoms with E-state index in [0.717, 1.165) is 0 Å². The number of fused-ring (bicyclic) bond motifs is 1. The monoisotopic (exact) mass is 385 g/mol. The quantitative estimate of drug-likeness (QED) is 0.422. The van der Waals surface area contributed by atoms with Gasteiger partial charge in [0.15, 0.2) is 0 Å². The number of rotatable bonds is 6. The first-order valence-corrected chi connectivity index (χ1v) is 10.5. The molecule has 2 aromatic carbocycles. The van der Waals surface area contributed by atoms with Crippen LogP contribution in [0, 0.1) is 0 Å². The largest absolute Gasteiger partial charge is 0.303 e. The van der Waals surface area contributed by atoms with E-state index < -0.39 is 0 Å². The van der Waals surface area contributed by atoms with Crippen LogP contribution in [-0.2, 0) is 6.42 Å². The third-order valence-electron chi connectivity index (χ3n) is 5.31. The summed E-state index contributed by atoms with van der Waals surface area (Å²) in [6.07, 6.45) is 8.05. The van der Waals surface area contributed by atoms with E-state index in [2.05, 4.69) is 59.5 Å². The molecule has 1 aliphatic rings. The van der Waals surface area contributed by atoms with Crippen molar-refractivity contribution >= 4 is 33.8 Å². The lowest BCUT2D eigenvalue weighted by Gasteiger charge is -2.26. The molecule has 1 aliphatic heterocycles. The van der Waals surface area contributed by atoms with E-state index in [1.165, 1.54) is 79.4 Å². The van der Waals surface area contributed by atoms with Crippen molar-refractivity contribution in [3.63, 3.8) is 0 Å². The van der Waals surface area contributed by atoms with Crippen molar-refractivity contribution in [3.8, 4) is 11.1 Å². The molecule has 1 fully saturated rings. The zero-order valence-corrected chi connectivity index (χ0v) is 17.0. The topological polar surface area (TPSA) is 3.24 Å².